The van der Waals surface area contributed by atoms with E-state index in [0.29, 0.717) is 13.0 Å². The number of piperazine rings is 1. The van der Waals surface area contributed by atoms with Crippen molar-refractivity contribution in [2.75, 3.05) is 25.1 Å². The third kappa shape index (κ3) is 2.71. The Hall–Kier alpha value is -1.62. The second-order valence-corrected chi connectivity index (χ2v) is 4.98. The molecule has 0 saturated carbocycles. The molecule has 0 aromatic heterocycles. The summed E-state index contributed by atoms with van der Waals surface area (Å²) in [6.45, 7) is 2.60. The van der Waals surface area contributed by atoms with Crippen molar-refractivity contribution in [2.24, 2.45) is 0 Å². The zero-order valence-corrected chi connectivity index (χ0v) is 11.2. The van der Waals surface area contributed by atoms with Gasteiger partial charge in [-0.1, -0.05) is 0 Å². The number of nitrogens with zero attached hydrogens (tertiary/aromatic N) is 2. The van der Waals surface area contributed by atoms with Crippen LogP contribution in [-0.2, 0) is 4.79 Å². The first kappa shape index (κ1) is 13.8. The van der Waals surface area contributed by atoms with Gasteiger partial charge in [0, 0.05) is 31.9 Å². The third-order valence-corrected chi connectivity index (χ3v) is 3.54. The van der Waals surface area contributed by atoms with Crippen LogP contribution in [0.15, 0.2) is 24.3 Å². The minimum Gasteiger partial charge on any atom is -0.396 e. The number of carbonyl (C=O) groups is 1. The molecular formula is C14H19FN2O2. The molecule has 19 heavy (non-hydrogen) atoms. The third-order valence-electron chi connectivity index (χ3n) is 3.54. The number of rotatable bonds is 3. The van der Waals surface area contributed by atoms with E-state index >= 15 is 0 Å². The first-order valence-corrected chi connectivity index (χ1v) is 6.44. The topological polar surface area (TPSA) is 43.8 Å². The average Bonchev–Trinajstić information content (AvgIpc) is 2.38. The molecule has 1 amide bonds. The van der Waals surface area contributed by atoms with Crippen molar-refractivity contribution < 1.29 is 14.3 Å². The molecule has 0 spiro atoms. The fraction of sp³-hybridized carbons (Fsp3) is 0.500. The number of aliphatic hydroxyl groups is 1. The summed E-state index contributed by atoms with van der Waals surface area (Å²) in [4.78, 5) is 15.9. The van der Waals surface area contributed by atoms with Crippen LogP contribution in [0.4, 0.5) is 10.1 Å². The first-order chi connectivity index (χ1) is 9.04. The van der Waals surface area contributed by atoms with Gasteiger partial charge in [0.1, 0.15) is 11.9 Å². The van der Waals surface area contributed by atoms with Gasteiger partial charge >= 0.3 is 0 Å². The molecule has 2 unspecified atom stereocenters. The number of anilines is 1. The van der Waals surface area contributed by atoms with Crippen molar-refractivity contribution in [3.63, 3.8) is 0 Å². The zero-order valence-electron chi connectivity index (χ0n) is 11.2. The lowest BCUT2D eigenvalue weighted by Crippen LogP contribution is -2.60. The van der Waals surface area contributed by atoms with Gasteiger partial charge in [-0.15, -0.1) is 0 Å². The van der Waals surface area contributed by atoms with Gasteiger partial charge in [0.05, 0.1) is 0 Å². The number of hydrogen-bond donors (Lipinski definition) is 1. The number of carbonyl (C=O) groups excluding carboxylic acids is 1. The molecule has 5 heteroatoms. The highest BCUT2D eigenvalue weighted by molar-refractivity contribution is 5.86. The Morgan fingerprint density at radius 3 is 2.58 bits per heavy atom. The van der Waals surface area contributed by atoms with Gasteiger partial charge in [-0.3, -0.25) is 4.79 Å². The molecule has 1 aromatic rings. The lowest BCUT2D eigenvalue weighted by molar-refractivity contribution is -0.134. The molecule has 2 atom stereocenters. The summed E-state index contributed by atoms with van der Waals surface area (Å²) in [6, 6.07) is 5.87. The number of amides is 1. The minimum absolute atomic E-state index is 0.00326. The Balaban J connectivity index is 2.33. The number of hydrogen-bond acceptors (Lipinski definition) is 3. The van der Waals surface area contributed by atoms with Crippen LogP contribution in [0.25, 0.3) is 0 Å². The molecule has 1 aliphatic heterocycles. The Bertz CT molecular complexity index is 449. The van der Waals surface area contributed by atoms with Gasteiger partial charge in [0.15, 0.2) is 0 Å². The van der Waals surface area contributed by atoms with Gasteiger partial charge in [-0.25, -0.2) is 4.39 Å². The molecule has 1 heterocycles. The van der Waals surface area contributed by atoms with Crippen LogP contribution < -0.4 is 4.90 Å². The number of likely N-dealkylation sites (N-methyl/N-ethyl adjacent to an activating group) is 1. The van der Waals surface area contributed by atoms with E-state index in [1.54, 1.807) is 24.1 Å². The predicted octanol–water partition coefficient (Wildman–Crippen LogP) is 1.24. The van der Waals surface area contributed by atoms with E-state index in [1.807, 2.05) is 11.8 Å². The van der Waals surface area contributed by atoms with Crippen LogP contribution in [0.5, 0.6) is 0 Å². The highest BCUT2D eigenvalue weighted by Crippen LogP contribution is 2.26. The van der Waals surface area contributed by atoms with Gasteiger partial charge in [0.2, 0.25) is 5.91 Å². The van der Waals surface area contributed by atoms with E-state index in [0.717, 1.165) is 5.69 Å². The average molecular weight is 266 g/mol. The summed E-state index contributed by atoms with van der Waals surface area (Å²) in [5, 5.41) is 9.16. The van der Waals surface area contributed by atoms with Crippen LogP contribution in [0, 0.1) is 5.82 Å². The van der Waals surface area contributed by atoms with E-state index in [2.05, 4.69) is 0 Å². The van der Waals surface area contributed by atoms with Crippen LogP contribution in [0.2, 0.25) is 0 Å². The molecule has 1 aliphatic rings. The van der Waals surface area contributed by atoms with E-state index in [9.17, 15) is 9.18 Å². The Morgan fingerprint density at radius 2 is 2.00 bits per heavy atom. The second-order valence-electron chi connectivity index (χ2n) is 4.98. The predicted molar refractivity (Wildman–Crippen MR) is 71.5 cm³/mol. The molecule has 104 valence electrons. The lowest BCUT2D eigenvalue weighted by atomic mass is 10.0. The Labute approximate surface area is 112 Å². The molecular weight excluding hydrogens is 247 g/mol. The van der Waals surface area contributed by atoms with Gasteiger partial charge in [-0.2, -0.15) is 0 Å². The summed E-state index contributed by atoms with van der Waals surface area (Å²) in [5.74, 6) is -0.299. The first-order valence-electron chi connectivity index (χ1n) is 6.44. The van der Waals surface area contributed by atoms with Crippen LogP contribution in [0.1, 0.15) is 13.3 Å². The van der Waals surface area contributed by atoms with E-state index in [1.165, 1.54) is 12.1 Å². The summed E-state index contributed by atoms with van der Waals surface area (Å²) in [6.07, 6.45) is 0.380. The van der Waals surface area contributed by atoms with Gasteiger partial charge in [-0.05, 0) is 37.6 Å². The van der Waals surface area contributed by atoms with Crippen molar-refractivity contribution in [3.05, 3.63) is 30.1 Å². The van der Waals surface area contributed by atoms with E-state index < -0.39 is 0 Å². The van der Waals surface area contributed by atoms with E-state index in [-0.39, 0.29) is 30.4 Å². The summed E-state index contributed by atoms with van der Waals surface area (Å²) in [5.41, 5.74) is 0.814. The maximum absolute atomic E-state index is 13.0. The van der Waals surface area contributed by atoms with Crippen molar-refractivity contribution in [1.82, 2.24) is 4.90 Å². The molecule has 0 aliphatic carbocycles. The van der Waals surface area contributed by atoms with Crippen molar-refractivity contribution in [2.45, 2.75) is 25.4 Å². The van der Waals surface area contributed by atoms with Crippen molar-refractivity contribution in [1.29, 1.82) is 0 Å². The maximum atomic E-state index is 13.0. The van der Waals surface area contributed by atoms with Gasteiger partial charge < -0.3 is 14.9 Å². The quantitative estimate of drug-likeness (QED) is 0.895. The Morgan fingerprint density at radius 1 is 1.37 bits per heavy atom. The summed E-state index contributed by atoms with van der Waals surface area (Å²) in [7, 11) is 1.77. The fourth-order valence-electron chi connectivity index (χ4n) is 2.69. The van der Waals surface area contributed by atoms with Crippen LogP contribution >= 0.6 is 0 Å². The summed E-state index contributed by atoms with van der Waals surface area (Å²) < 4.78 is 13.0. The molecule has 1 N–H and O–H groups in total. The number of halogens is 1. The molecule has 4 nitrogen and oxygen atoms in total. The standard InChI is InChI=1S/C14H19FN2O2/c1-10-9-16(2)14(19)13(7-8-18)17(10)12-5-3-11(15)4-6-12/h3-6,10,13,18H,7-9H2,1-2H3. The minimum atomic E-state index is -0.385. The number of aliphatic hydroxyl groups excluding tert-OH is 1. The monoisotopic (exact) mass is 266 g/mol. The highest BCUT2D eigenvalue weighted by Gasteiger charge is 2.36. The largest absolute Gasteiger partial charge is 0.396 e. The van der Waals surface area contributed by atoms with Crippen LogP contribution in [-0.4, -0.2) is 48.2 Å². The lowest BCUT2D eigenvalue weighted by Gasteiger charge is -2.45. The fourth-order valence-corrected chi connectivity index (χ4v) is 2.69. The molecule has 2 rings (SSSR count). The molecule has 1 fully saturated rings. The molecule has 1 saturated heterocycles. The Kier molecular flexibility index (Phi) is 4.04. The maximum Gasteiger partial charge on any atom is 0.245 e. The molecule has 1 aromatic carbocycles. The van der Waals surface area contributed by atoms with Crippen LogP contribution in [0.3, 0.4) is 0 Å². The molecule has 0 radical (unpaired) electrons. The van der Waals surface area contributed by atoms with E-state index in [4.69, 9.17) is 5.11 Å². The zero-order chi connectivity index (χ0) is 14.0. The SMILES string of the molecule is CC1CN(C)C(=O)C(CCO)N1c1ccc(F)cc1. The van der Waals surface area contributed by atoms with Crippen molar-refractivity contribution in [3.8, 4) is 0 Å². The highest BCUT2D eigenvalue weighted by atomic mass is 19.1. The summed E-state index contributed by atoms with van der Waals surface area (Å²) >= 11 is 0. The normalized spacial score (nSPS) is 23.9. The van der Waals surface area contributed by atoms with Crippen molar-refractivity contribution >= 4 is 11.6 Å². The smallest absolute Gasteiger partial charge is 0.245 e. The number of benzene rings is 1. The van der Waals surface area contributed by atoms with Gasteiger partial charge in [0.25, 0.3) is 0 Å². The molecule has 0 bridgehead atoms. The second kappa shape index (κ2) is 5.57.